The van der Waals surface area contributed by atoms with Crippen LogP contribution in [0.15, 0.2) is 48.1 Å². The zero-order valence-corrected chi connectivity index (χ0v) is 15.6. The van der Waals surface area contributed by atoms with Gasteiger partial charge < -0.3 is 14.9 Å². The van der Waals surface area contributed by atoms with Crippen LogP contribution in [0, 0.1) is 17.3 Å². The highest BCUT2D eigenvalue weighted by molar-refractivity contribution is 5.96. The summed E-state index contributed by atoms with van der Waals surface area (Å²) in [7, 11) is 0. The maximum atomic E-state index is 12.1. The lowest BCUT2D eigenvalue weighted by atomic mass is 9.61. The van der Waals surface area contributed by atoms with Gasteiger partial charge in [0, 0.05) is 24.0 Å². The number of hydrogen-bond acceptors (Lipinski definition) is 5. The lowest BCUT2D eigenvalue weighted by molar-refractivity contribution is -0.145. The molecule has 2 N–H and O–H groups in total. The monoisotopic (exact) mass is 360 g/mol. The van der Waals surface area contributed by atoms with Gasteiger partial charge in [0.2, 0.25) is 0 Å². The predicted octanol–water partition coefficient (Wildman–Crippen LogP) is 2.50. The molecule has 142 valence electrons. The third-order valence-electron chi connectivity index (χ3n) is 5.49. The number of esters is 1. The largest absolute Gasteiger partial charge is 0.455 e. The Morgan fingerprint density at radius 3 is 2.88 bits per heavy atom. The van der Waals surface area contributed by atoms with Crippen LogP contribution in [0.25, 0.3) is 0 Å². The van der Waals surface area contributed by atoms with Gasteiger partial charge in [0.15, 0.2) is 5.78 Å². The first-order valence-electron chi connectivity index (χ1n) is 9.06. The van der Waals surface area contributed by atoms with E-state index >= 15 is 0 Å². The van der Waals surface area contributed by atoms with Crippen molar-refractivity contribution in [2.75, 3.05) is 6.61 Å². The van der Waals surface area contributed by atoms with Crippen LogP contribution in [-0.4, -0.2) is 40.8 Å². The lowest BCUT2D eigenvalue weighted by Gasteiger charge is -2.45. The molecule has 0 radical (unpaired) electrons. The molecule has 0 aromatic carbocycles. The van der Waals surface area contributed by atoms with Crippen molar-refractivity contribution in [1.29, 1.82) is 0 Å². The number of hydrogen-bond donors (Lipinski definition) is 2. The molecule has 0 spiro atoms. The van der Waals surface area contributed by atoms with Gasteiger partial charge in [-0.1, -0.05) is 45.1 Å². The maximum Gasteiger partial charge on any atom is 0.331 e. The van der Waals surface area contributed by atoms with Crippen LogP contribution in [0.3, 0.4) is 0 Å². The Balaban J connectivity index is 2.00. The molecular weight excluding hydrogens is 332 g/mol. The van der Waals surface area contributed by atoms with E-state index in [9.17, 15) is 14.7 Å². The molecule has 26 heavy (non-hydrogen) atoms. The fourth-order valence-electron chi connectivity index (χ4n) is 3.45. The molecule has 0 aromatic heterocycles. The van der Waals surface area contributed by atoms with Gasteiger partial charge in [0.25, 0.3) is 0 Å². The molecule has 0 aliphatic heterocycles. The van der Waals surface area contributed by atoms with Crippen molar-refractivity contribution in [3.8, 4) is 0 Å². The predicted molar refractivity (Wildman–Crippen MR) is 99.2 cm³/mol. The standard InChI is InChI=1S/C21H28O5/c1-14(10-11-22)6-4-5-7-20(25)26-19-9-8-16-12-17(23)18(24)13-21(16,3)15(19)2/h4-9,12,14-15,18-19,22,24H,10-11,13H2,1-3H3/b6-4+,7-5+/t14-,15+,18-,19+,21-/m1/s1. The van der Waals surface area contributed by atoms with Gasteiger partial charge in [-0.25, -0.2) is 4.79 Å². The molecule has 2 rings (SSSR count). The van der Waals surface area contributed by atoms with Gasteiger partial charge in [-0.3, -0.25) is 4.79 Å². The zero-order chi connectivity index (χ0) is 19.3. The highest BCUT2D eigenvalue weighted by Gasteiger charge is 2.46. The summed E-state index contributed by atoms with van der Waals surface area (Å²) < 4.78 is 5.55. The lowest BCUT2D eigenvalue weighted by Crippen LogP contribution is -2.45. The third-order valence-corrected chi connectivity index (χ3v) is 5.49. The summed E-state index contributed by atoms with van der Waals surface area (Å²) in [5.74, 6) is -0.518. The SMILES string of the molecule is C[C@H](/C=C/C=C/C(=O)O[C@H]1C=CC2=CC(=O)[C@H](O)C[C@]2(C)[C@H]1C)CCO. The Morgan fingerprint density at radius 1 is 1.46 bits per heavy atom. The first-order chi connectivity index (χ1) is 12.3. The summed E-state index contributed by atoms with van der Waals surface area (Å²) in [6, 6.07) is 0. The average molecular weight is 360 g/mol. The minimum atomic E-state index is -1.00. The van der Waals surface area contributed by atoms with Crippen LogP contribution in [0.1, 0.15) is 33.6 Å². The number of rotatable bonds is 6. The Labute approximate surface area is 154 Å². The zero-order valence-electron chi connectivity index (χ0n) is 15.6. The normalized spacial score (nSPS) is 32.6. The smallest absolute Gasteiger partial charge is 0.331 e. The van der Waals surface area contributed by atoms with E-state index in [0.717, 1.165) is 5.57 Å². The van der Waals surface area contributed by atoms with Crippen molar-refractivity contribution >= 4 is 11.8 Å². The number of fused-ring (bicyclic) bond motifs is 1. The van der Waals surface area contributed by atoms with Crippen LogP contribution in [0.4, 0.5) is 0 Å². The van der Waals surface area contributed by atoms with Gasteiger partial charge in [-0.15, -0.1) is 0 Å². The molecule has 0 aromatic rings. The number of aliphatic hydroxyl groups excluding tert-OH is 2. The number of carbonyl (C=O) groups is 2. The fraction of sp³-hybridized carbons (Fsp3) is 0.524. The van der Waals surface area contributed by atoms with Crippen LogP contribution < -0.4 is 0 Å². The van der Waals surface area contributed by atoms with E-state index in [4.69, 9.17) is 9.84 Å². The molecule has 5 nitrogen and oxygen atoms in total. The number of carbonyl (C=O) groups excluding carboxylic acids is 2. The number of ketones is 1. The second kappa shape index (κ2) is 8.60. The molecule has 5 heteroatoms. The first kappa shape index (κ1) is 20.3. The van der Waals surface area contributed by atoms with Crippen LogP contribution in [0.5, 0.6) is 0 Å². The minimum Gasteiger partial charge on any atom is -0.455 e. The summed E-state index contributed by atoms with van der Waals surface area (Å²) in [5.41, 5.74) is 0.472. The third kappa shape index (κ3) is 4.59. The molecule has 2 aliphatic carbocycles. The molecule has 0 saturated carbocycles. The fourth-order valence-corrected chi connectivity index (χ4v) is 3.45. The Bertz CT molecular complexity index is 657. The van der Waals surface area contributed by atoms with Crippen molar-refractivity contribution in [2.45, 2.75) is 45.8 Å². The van der Waals surface area contributed by atoms with Crippen molar-refractivity contribution < 1.29 is 24.5 Å². The van der Waals surface area contributed by atoms with Gasteiger partial charge in [0.1, 0.15) is 12.2 Å². The van der Waals surface area contributed by atoms with Crippen molar-refractivity contribution in [1.82, 2.24) is 0 Å². The number of allylic oxidation sites excluding steroid dienone is 5. The van der Waals surface area contributed by atoms with E-state index in [1.165, 1.54) is 12.2 Å². The minimum absolute atomic E-state index is 0.0565. The first-order valence-corrected chi connectivity index (χ1v) is 9.06. The van der Waals surface area contributed by atoms with Crippen molar-refractivity contribution in [3.63, 3.8) is 0 Å². The molecule has 0 amide bonds. The number of aliphatic hydroxyl groups is 2. The Kier molecular flexibility index (Phi) is 6.73. The highest BCUT2D eigenvalue weighted by Crippen LogP contribution is 2.48. The molecule has 0 fully saturated rings. The van der Waals surface area contributed by atoms with Crippen molar-refractivity contribution in [2.24, 2.45) is 17.3 Å². The molecule has 5 atom stereocenters. The summed E-state index contributed by atoms with van der Waals surface area (Å²) in [4.78, 5) is 23.8. The molecule has 0 heterocycles. The van der Waals surface area contributed by atoms with Gasteiger partial charge in [-0.2, -0.15) is 0 Å². The van der Waals surface area contributed by atoms with E-state index in [1.807, 2.05) is 32.9 Å². The molecule has 0 unspecified atom stereocenters. The quantitative estimate of drug-likeness (QED) is 0.432. The average Bonchev–Trinajstić information content (AvgIpc) is 2.58. The van der Waals surface area contributed by atoms with Gasteiger partial charge in [0.05, 0.1) is 0 Å². The van der Waals surface area contributed by atoms with E-state index in [-0.39, 0.29) is 24.2 Å². The molecule has 0 bridgehead atoms. The Morgan fingerprint density at radius 2 is 2.19 bits per heavy atom. The van der Waals surface area contributed by atoms with Gasteiger partial charge >= 0.3 is 5.97 Å². The molecule has 2 aliphatic rings. The summed E-state index contributed by atoms with van der Waals surface area (Å²) in [5, 5.41) is 18.8. The van der Waals surface area contributed by atoms with E-state index in [1.54, 1.807) is 18.2 Å². The molecular formula is C21H28O5. The van der Waals surface area contributed by atoms with E-state index in [2.05, 4.69) is 0 Å². The number of ether oxygens (including phenoxy) is 1. The van der Waals surface area contributed by atoms with Crippen LogP contribution >= 0.6 is 0 Å². The van der Waals surface area contributed by atoms with Gasteiger partial charge in [-0.05, 0) is 36.5 Å². The second-order valence-electron chi connectivity index (χ2n) is 7.42. The van der Waals surface area contributed by atoms with Crippen molar-refractivity contribution in [3.05, 3.63) is 48.1 Å². The summed E-state index contributed by atoms with van der Waals surface area (Å²) in [6.07, 6.45) is 11.4. The Hall–Kier alpha value is -1.98. The second-order valence-corrected chi connectivity index (χ2v) is 7.42. The van der Waals surface area contributed by atoms with Crippen LogP contribution in [0.2, 0.25) is 0 Å². The van der Waals surface area contributed by atoms with Crippen LogP contribution in [-0.2, 0) is 14.3 Å². The molecule has 0 saturated heterocycles. The van der Waals surface area contributed by atoms with E-state index in [0.29, 0.717) is 12.8 Å². The summed E-state index contributed by atoms with van der Waals surface area (Å²) in [6.45, 7) is 6.09. The topological polar surface area (TPSA) is 83.8 Å². The summed E-state index contributed by atoms with van der Waals surface area (Å²) >= 11 is 0. The van der Waals surface area contributed by atoms with E-state index < -0.39 is 23.6 Å². The maximum absolute atomic E-state index is 12.1. The highest BCUT2D eigenvalue weighted by atomic mass is 16.5.